The zero-order chi connectivity index (χ0) is 18.6. The lowest BCUT2D eigenvalue weighted by atomic mass is 10.1. The molecule has 1 atom stereocenters. The summed E-state index contributed by atoms with van der Waals surface area (Å²) in [5.41, 5.74) is 0. The third-order valence-electron chi connectivity index (χ3n) is 4.46. The number of hydrogen-bond donors (Lipinski definition) is 1. The molecular weight excluding hydrogens is 331 g/mol. The predicted molar refractivity (Wildman–Crippen MR) is 110 cm³/mol. The third-order valence-corrected chi connectivity index (χ3v) is 6.05. The van der Waals surface area contributed by atoms with Crippen LogP contribution in [0.25, 0.3) is 0 Å². The van der Waals surface area contributed by atoms with Crippen LogP contribution in [0.2, 0.25) is 0 Å². The molecule has 0 aromatic rings. The molecule has 0 amide bonds. The Balaban J connectivity index is 3.21. The Morgan fingerprint density at radius 2 is 1.20 bits per heavy atom. The summed E-state index contributed by atoms with van der Waals surface area (Å²) in [6, 6.07) is 0. The average molecular weight is 375 g/mol. The number of allylic oxidation sites excluding steroid dienone is 2. The van der Waals surface area contributed by atoms with Gasteiger partial charge in [0.05, 0.1) is 6.61 Å². The van der Waals surface area contributed by atoms with Crippen molar-refractivity contribution in [3.05, 3.63) is 12.2 Å². The topological polar surface area (TPSA) is 46.5 Å². The van der Waals surface area contributed by atoms with Gasteiger partial charge < -0.3 is 9.42 Å². The molecule has 0 spiro atoms. The Kier molecular flexibility index (Phi) is 18.6. The summed E-state index contributed by atoms with van der Waals surface area (Å²) in [7, 11) is -3.29. The van der Waals surface area contributed by atoms with Gasteiger partial charge in [-0.1, -0.05) is 83.8 Å². The zero-order valence-corrected chi connectivity index (χ0v) is 17.8. The molecule has 0 radical (unpaired) electrons. The van der Waals surface area contributed by atoms with Crippen LogP contribution < -0.4 is 0 Å². The van der Waals surface area contributed by atoms with Gasteiger partial charge in [0.15, 0.2) is 0 Å². The largest absolute Gasteiger partial charge is 0.328 e. The number of rotatable bonds is 19. The molecule has 4 heteroatoms. The van der Waals surface area contributed by atoms with Crippen molar-refractivity contribution in [2.45, 2.75) is 110 Å². The summed E-state index contributed by atoms with van der Waals surface area (Å²) < 4.78 is 16.6. The van der Waals surface area contributed by atoms with Crippen LogP contribution in [-0.2, 0) is 9.09 Å². The van der Waals surface area contributed by atoms with Gasteiger partial charge in [0.2, 0.25) is 0 Å². The Bertz CT molecular complexity index is 342. The molecule has 1 unspecified atom stereocenters. The first-order valence-corrected chi connectivity index (χ1v) is 12.5. The second-order valence-electron chi connectivity index (χ2n) is 7.13. The highest BCUT2D eigenvalue weighted by Gasteiger charge is 2.16. The SMILES string of the molecule is CCCCCCCC/C=C\CCCCCCCCOP(=O)(O)CCC. The van der Waals surface area contributed by atoms with Crippen molar-refractivity contribution in [1.29, 1.82) is 0 Å². The van der Waals surface area contributed by atoms with E-state index in [-0.39, 0.29) is 6.16 Å². The standard InChI is InChI=1S/C21H43O3P/c1-3-5-6-7-8-9-10-11-12-13-14-15-16-17-18-19-20-24-25(22,23)21-4-2/h11-12H,3-10,13-21H2,1-2H3,(H,22,23)/b12-11-. The number of hydrogen-bond acceptors (Lipinski definition) is 2. The van der Waals surface area contributed by atoms with E-state index >= 15 is 0 Å². The minimum Gasteiger partial charge on any atom is -0.324 e. The third kappa shape index (κ3) is 20.1. The molecule has 0 aromatic carbocycles. The van der Waals surface area contributed by atoms with Crippen molar-refractivity contribution in [1.82, 2.24) is 0 Å². The molecule has 0 aliphatic rings. The fraction of sp³-hybridized carbons (Fsp3) is 0.905. The van der Waals surface area contributed by atoms with Crippen LogP contribution in [-0.4, -0.2) is 17.7 Å². The lowest BCUT2D eigenvalue weighted by molar-refractivity contribution is 0.252. The minimum atomic E-state index is -3.29. The van der Waals surface area contributed by atoms with E-state index in [9.17, 15) is 9.46 Å². The van der Waals surface area contributed by atoms with Crippen LogP contribution >= 0.6 is 7.60 Å². The molecule has 3 nitrogen and oxygen atoms in total. The van der Waals surface area contributed by atoms with Crippen LogP contribution in [0.4, 0.5) is 0 Å². The Hall–Kier alpha value is -0.110. The molecule has 150 valence electrons. The van der Waals surface area contributed by atoms with E-state index in [0.29, 0.717) is 13.0 Å². The van der Waals surface area contributed by atoms with Gasteiger partial charge in [-0.15, -0.1) is 0 Å². The molecule has 0 heterocycles. The molecule has 25 heavy (non-hydrogen) atoms. The van der Waals surface area contributed by atoms with Crippen molar-refractivity contribution < 1.29 is 14.0 Å². The first-order chi connectivity index (χ1) is 12.1. The van der Waals surface area contributed by atoms with E-state index < -0.39 is 7.60 Å². The van der Waals surface area contributed by atoms with Crippen LogP contribution in [0.5, 0.6) is 0 Å². The van der Waals surface area contributed by atoms with Crippen molar-refractivity contribution in [3.63, 3.8) is 0 Å². The van der Waals surface area contributed by atoms with E-state index in [4.69, 9.17) is 4.52 Å². The highest BCUT2D eigenvalue weighted by atomic mass is 31.2. The first kappa shape index (κ1) is 24.9. The van der Waals surface area contributed by atoms with Crippen LogP contribution in [0.1, 0.15) is 110 Å². The van der Waals surface area contributed by atoms with E-state index in [1.54, 1.807) is 0 Å². The summed E-state index contributed by atoms with van der Waals surface area (Å²) in [4.78, 5) is 9.47. The van der Waals surface area contributed by atoms with Gasteiger partial charge in [-0.3, -0.25) is 4.57 Å². The van der Waals surface area contributed by atoms with Gasteiger partial charge in [-0.05, 0) is 38.5 Å². The predicted octanol–water partition coefficient (Wildman–Crippen LogP) is 7.64. The summed E-state index contributed by atoms with van der Waals surface area (Å²) in [5, 5.41) is 0. The van der Waals surface area contributed by atoms with E-state index in [0.717, 1.165) is 12.8 Å². The molecule has 0 saturated heterocycles. The van der Waals surface area contributed by atoms with Crippen molar-refractivity contribution in [3.8, 4) is 0 Å². The van der Waals surface area contributed by atoms with Gasteiger partial charge in [0, 0.05) is 6.16 Å². The summed E-state index contributed by atoms with van der Waals surface area (Å²) in [5.74, 6) is 0. The van der Waals surface area contributed by atoms with Gasteiger partial charge in [-0.2, -0.15) is 0 Å². The lowest BCUT2D eigenvalue weighted by Gasteiger charge is -2.10. The molecule has 0 aromatic heterocycles. The summed E-state index contributed by atoms with van der Waals surface area (Å²) in [6.07, 6.45) is 23.4. The van der Waals surface area contributed by atoms with Gasteiger partial charge in [0.1, 0.15) is 0 Å². The molecule has 0 aliphatic carbocycles. The Labute approximate surface area is 157 Å². The molecule has 0 bridgehead atoms. The van der Waals surface area contributed by atoms with Crippen LogP contribution in [0, 0.1) is 0 Å². The lowest BCUT2D eigenvalue weighted by Crippen LogP contribution is -1.96. The second kappa shape index (κ2) is 18.7. The van der Waals surface area contributed by atoms with E-state index in [2.05, 4.69) is 19.1 Å². The van der Waals surface area contributed by atoms with Crippen LogP contribution in [0.3, 0.4) is 0 Å². The zero-order valence-electron chi connectivity index (χ0n) is 16.9. The van der Waals surface area contributed by atoms with Gasteiger partial charge >= 0.3 is 7.60 Å². The highest BCUT2D eigenvalue weighted by Crippen LogP contribution is 2.42. The Morgan fingerprint density at radius 3 is 1.72 bits per heavy atom. The van der Waals surface area contributed by atoms with E-state index in [1.165, 1.54) is 77.0 Å². The van der Waals surface area contributed by atoms with Crippen molar-refractivity contribution in [2.24, 2.45) is 0 Å². The quantitative estimate of drug-likeness (QED) is 0.143. The maximum atomic E-state index is 11.5. The Morgan fingerprint density at radius 1 is 0.720 bits per heavy atom. The minimum absolute atomic E-state index is 0.277. The summed E-state index contributed by atoms with van der Waals surface area (Å²) in [6.45, 7) is 4.59. The van der Waals surface area contributed by atoms with Crippen molar-refractivity contribution in [2.75, 3.05) is 12.8 Å². The monoisotopic (exact) mass is 374 g/mol. The van der Waals surface area contributed by atoms with Gasteiger partial charge in [0.25, 0.3) is 0 Å². The molecule has 0 fully saturated rings. The maximum Gasteiger partial charge on any atom is 0.328 e. The fourth-order valence-corrected chi connectivity index (χ4v) is 4.01. The average Bonchev–Trinajstić information content (AvgIpc) is 2.57. The normalized spacial score (nSPS) is 14.2. The van der Waals surface area contributed by atoms with Gasteiger partial charge in [-0.25, -0.2) is 0 Å². The van der Waals surface area contributed by atoms with E-state index in [1.807, 2.05) is 6.92 Å². The smallest absolute Gasteiger partial charge is 0.324 e. The van der Waals surface area contributed by atoms with Crippen molar-refractivity contribution >= 4 is 7.60 Å². The molecule has 0 rings (SSSR count). The molecule has 0 saturated carbocycles. The molecule has 0 aliphatic heterocycles. The maximum absolute atomic E-state index is 11.5. The molecular formula is C21H43O3P. The first-order valence-electron chi connectivity index (χ1n) is 10.7. The second-order valence-corrected chi connectivity index (χ2v) is 9.11. The summed E-state index contributed by atoms with van der Waals surface area (Å²) >= 11 is 0. The highest BCUT2D eigenvalue weighted by molar-refractivity contribution is 7.52. The number of unbranched alkanes of at least 4 members (excludes halogenated alkanes) is 12. The fourth-order valence-electron chi connectivity index (χ4n) is 2.90. The van der Waals surface area contributed by atoms with Crippen LogP contribution in [0.15, 0.2) is 12.2 Å². The molecule has 1 N–H and O–H groups in total.